The van der Waals surface area contributed by atoms with Crippen molar-refractivity contribution < 1.29 is 51.8 Å². The molecule has 1 rings (SSSR count). The van der Waals surface area contributed by atoms with Gasteiger partial charge in [-0.2, -0.15) is 8.42 Å². The minimum atomic E-state index is -5.08. The number of nitrogens with one attached hydrogen (secondary N) is 1. The van der Waals surface area contributed by atoms with Gasteiger partial charge in [0.15, 0.2) is 6.29 Å². The molecule has 1 fully saturated rings. The minimum absolute atomic E-state index is 0.260. The monoisotopic (exact) mass is 1030 g/mol. The Morgan fingerprint density at radius 3 is 1.27 bits per heavy atom. The van der Waals surface area contributed by atoms with Gasteiger partial charge in [-0.3, -0.25) is 9.35 Å². The largest absolute Gasteiger partial charge is 0.397 e. The topological polar surface area (TPSA) is 192 Å². The van der Waals surface area contributed by atoms with Crippen LogP contribution in [-0.4, -0.2) is 95.4 Å². The quantitative estimate of drug-likeness (QED) is 0.0193. The number of allylic oxidation sites excluding steroid dienone is 3. The van der Waals surface area contributed by atoms with Crippen LogP contribution in [0.3, 0.4) is 0 Å². The summed E-state index contributed by atoms with van der Waals surface area (Å²) in [6.07, 6.45) is 51.2. The molecule has 0 aliphatic carbocycles. The van der Waals surface area contributed by atoms with Crippen molar-refractivity contribution in [3.8, 4) is 0 Å². The zero-order chi connectivity index (χ0) is 51.9. The smallest absolute Gasteiger partial charge is 0.394 e. The predicted octanol–water partition coefficient (Wildman–Crippen LogP) is 14.0. The molecule has 1 heterocycles. The highest BCUT2D eigenvalue weighted by molar-refractivity contribution is 7.80. The zero-order valence-corrected chi connectivity index (χ0v) is 46.4. The molecule has 1 amide bonds. The Morgan fingerprint density at radius 1 is 0.549 bits per heavy atom. The number of aliphatic hydroxyl groups excluding tert-OH is 4. The second kappa shape index (κ2) is 48.2. The number of carbonyl (C=O) groups excluding carboxylic acids is 1. The van der Waals surface area contributed by atoms with Crippen LogP contribution in [0.5, 0.6) is 0 Å². The number of aliphatic hydroxyl groups is 4. The highest BCUT2D eigenvalue weighted by atomic mass is 32.3. The Balaban J connectivity index is 2.19. The van der Waals surface area contributed by atoms with Gasteiger partial charge in [-0.1, -0.05) is 256 Å². The molecular weight excluding hydrogens is 919 g/mol. The van der Waals surface area contributed by atoms with Crippen LogP contribution in [0.25, 0.3) is 0 Å². The third-order valence-corrected chi connectivity index (χ3v) is 14.7. The number of amides is 1. The molecule has 0 aromatic carbocycles. The van der Waals surface area contributed by atoms with Gasteiger partial charge in [0.25, 0.3) is 0 Å². The van der Waals surface area contributed by atoms with E-state index >= 15 is 0 Å². The molecule has 1 aliphatic heterocycles. The molecule has 7 unspecified atom stereocenters. The number of unbranched alkanes of at least 4 members (excludes halogenated alkanes) is 38. The summed E-state index contributed by atoms with van der Waals surface area (Å²) >= 11 is 0. The van der Waals surface area contributed by atoms with Crippen molar-refractivity contribution in [2.75, 3.05) is 13.2 Å². The van der Waals surface area contributed by atoms with Crippen molar-refractivity contribution in [2.45, 2.75) is 326 Å². The molecule has 6 N–H and O–H groups in total. The van der Waals surface area contributed by atoms with Gasteiger partial charge >= 0.3 is 10.4 Å². The molecule has 71 heavy (non-hydrogen) atoms. The molecule has 1 aliphatic rings. The maximum Gasteiger partial charge on any atom is 0.397 e. The number of hydrogen-bond donors (Lipinski definition) is 6. The van der Waals surface area contributed by atoms with E-state index in [1.807, 2.05) is 6.08 Å². The lowest BCUT2D eigenvalue weighted by Gasteiger charge is -2.41. The van der Waals surface area contributed by atoms with Crippen LogP contribution in [-0.2, 0) is 28.9 Å². The first-order chi connectivity index (χ1) is 34.5. The number of ether oxygens (including phenoxy) is 2. The SMILES string of the molecule is CCCCCCCCCCC/C=C/C(O)C(COC1OC(CO)C(O)C(OS(=O)(=O)O)C1O)NC(=O)CCCCCCCCCCCCCCCCCCC/C=C\CCCCCCCCCCCCCC. The van der Waals surface area contributed by atoms with Gasteiger partial charge in [-0.25, -0.2) is 4.18 Å². The van der Waals surface area contributed by atoms with Crippen molar-refractivity contribution in [1.82, 2.24) is 5.32 Å². The van der Waals surface area contributed by atoms with Crippen molar-refractivity contribution >= 4 is 16.3 Å². The molecule has 0 aromatic rings. The molecule has 0 bridgehead atoms. The standard InChI is InChI=1S/C58H111NO11S/c1-3-5-7-9-11-13-15-16-17-18-19-20-21-22-23-24-25-26-27-28-29-30-31-32-33-34-35-36-38-40-42-44-46-48-54(62)59-51(52(61)47-45-43-41-39-37-14-12-10-8-6-4-2)50-68-58-56(64)57(70-71(65,66)67)55(63)53(49-60)69-58/h22-23,45,47,51-53,55-58,60-61,63-64H,3-21,24-44,46,48-50H2,1-2H3,(H,59,62)(H,65,66,67)/b23-22-,47-45+. The summed E-state index contributed by atoms with van der Waals surface area (Å²) in [5, 5.41) is 44.8. The average Bonchev–Trinajstić information content (AvgIpc) is 3.34. The van der Waals surface area contributed by atoms with E-state index in [1.165, 1.54) is 218 Å². The summed E-state index contributed by atoms with van der Waals surface area (Å²) < 4.78 is 47.7. The highest BCUT2D eigenvalue weighted by Gasteiger charge is 2.48. The second-order valence-electron chi connectivity index (χ2n) is 20.9. The van der Waals surface area contributed by atoms with E-state index < -0.39 is 59.9 Å². The average molecular weight is 1030 g/mol. The van der Waals surface area contributed by atoms with E-state index in [0.29, 0.717) is 6.42 Å². The number of hydrogen-bond acceptors (Lipinski definition) is 10. The highest BCUT2D eigenvalue weighted by Crippen LogP contribution is 2.26. The van der Waals surface area contributed by atoms with Crippen LogP contribution in [0.2, 0.25) is 0 Å². The van der Waals surface area contributed by atoms with E-state index in [0.717, 1.165) is 38.5 Å². The Kier molecular flexibility index (Phi) is 45.9. The molecule has 1 saturated heterocycles. The van der Waals surface area contributed by atoms with E-state index in [-0.39, 0.29) is 18.9 Å². The fourth-order valence-corrected chi connectivity index (χ4v) is 10.1. The zero-order valence-electron chi connectivity index (χ0n) is 45.6. The van der Waals surface area contributed by atoms with Crippen LogP contribution in [0.15, 0.2) is 24.3 Å². The summed E-state index contributed by atoms with van der Waals surface area (Å²) in [6.45, 7) is 3.40. The van der Waals surface area contributed by atoms with Gasteiger partial charge in [0, 0.05) is 6.42 Å². The van der Waals surface area contributed by atoms with Crippen LogP contribution in [0, 0.1) is 0 Å². The first-order valence-electron chi connectivity index (χ1n) is 29.7. The van der Waals surface area contributed by atoms with E-state index in [4.69, 9.17) is 9.47 Å². The van der Waals surface area contributed by atoms with E-state index in [1.54, 1.807) is 6.08 Å². The molecule has 0 saturated carbocycles. The molecular formula is C58H111NO11S. The van der Waals surface area contributed by atoms with Gasteiger partial charge < -0.3 is 35.2 Å². The molecule has 420 valence electrons. The predicted molar refractivity (Wildman–Crippen MR) is 292 cm³/mol. The summed E-state index contributed by atoms with van der Waals surface area (Å²) in [5.41, 5.74) is 0. The summed E-state index contributed by atoms with van der Waals surface area (Å²) in [7, 11) is -5.08. The summed E-state index contributed by atoms with van der Waals surface area (Å²) in [6, 6.07) is -0.940. The van der Waals surface area contributed by atoms with Gasteiger partial charge in [0.05, 0.1) is 25.4 Å². The lowest BCUT2D eigenvalue weighted by Crippen LogP contribution is -2.61. The van der Waals surface area contributed by atoms with Crippen LogP contribution in [0.4, 0.5) is 0 Å². The molecule has 7 atom stereocenters. The molecule has 12 nitrogen and oxygen atoms in total. The van der Waals surface area contributed by atoms with Crippen molar-refractivity contribution in [1.29, 1.82) is 0 Å². The first-order valence-corrected chi connectivity index (χ1v) is 31.1. The fraction of sp³-hybridized carbons (Fsp3) is 0.914. The van der Waals surface area contributed by atoms with Gasteiger partial charge in [0.1, 0.15) is 24.4 Å². The Bertz CT molecular complexity index is 1350. The first kappa shape index (κ1) is 67.6. The van der Waals surface area contributed by atoms with Crippen molar-refractivity contribution in [3.63, 3.8) is 0 Å². The molecule has 13 heteroatoms. The number of rotatable bonds is 52. The Morgan fingerprint density at radius 2 is 0.901 bits per heavy atom. The molecule has 0 radical (unpaired) electrons. The summed E-state index contributed by atoms with van der Waals surface area (Å²) in [5.74, 6) is -0.260. The maximum atomic E-state index is 13.1. The lowest BCUT2D eigenvalue weighted by atomic mass is 9.99. The van der Waals surface area contributed by atoms with Gasteiger partial charge in [-0.05, 0) is 44.9 Å². The van der Waals surface area contributed by atoms with Gasteiger partial charge in [0.2, 0.25) is 5.91 Å². The molecule has 0 aromatic heterocycles. The minimum Gasteiger partial charge on any atom is -0.394 e. The molecule has 0 spiro atoms. The number of carbonyl (C=O) groups is 1. The van der Waals surface area contributed by atoms with Crippen LogP contribution < -0.4 is 5.32 Å². The van der Waals surface area contributed by atoms with E-state index in [9.17, 15) is 38.2 Å². The van der Waals surface area contributed by atoms with Crippen molar-refractivity contribution in [2.24, 2.45) is 0 Å². The van der Waals surface area contributed by atoms with Crippen molar-refractivity contribution in [3.05, 3.63) is 24.3 Å². The Labute approximate surface area is 435 Å². The third kappa shape index (κ3) is 40.6. The second-order valence-corrected chi connectivity index (χ2v) is 22.0. The van der Waals surface area contributed by atoms with Gasteiger partial charge in [-0.15, -0.1) is 0 Å². The maximum absolute atomic E-state index is 13.1. The third-order valence-electron chi connectivity index (χ3n) is 14.2. The fourth-order valence-electron chi connectivity index (χ4n) is 9.63. The van der Waals surface area contributed by atoms with E-state index in [2.05, 4.69) is 35.5 Å². The summed E-state index contributed by atoms with van der Waals surface area (Å²) in [4.78, 5) is 13.1. The Hall–Kier alpha value is -1.42. The normalized spacial score (nSPS) is 19.6. The van der Waals surface area contributed by atoms with Crippen LogP contribution in [0.1, 0.15) is 284 Å². The van der Waals surface area contributed by atoms with Crippen LogP contribution >= 0.6 is 0 Å². The lowest BCUT2D eigenvalue weighted by molar-refractivity contribution is -0.298.